The number of hydrogen-bond acceptors (Lipinski definition) is 4. The zero-order chi connectivity index (χ0) is 19.8. The van der Waals surface area contributed by atoms with Crippen LogP contribution in [0, 0.1) is 6.92 Å². The van der Waals surface area contributed by atoms with Gasteiger partial charge in [0.05, 0.1) is 22.9 Å². The lowest BCUT2D eigenvalue weighted by atomic mass is 10.1. The lowest BCUT2D eigenvalue weighted by molar-refractivity contribution is -0.116. The highest BCUT2D eigenvalue weighted by atomic mass is 35.5. The summed E-state index contributed by atoms with van der Waals surface area (Å²) in [4.78, 5) is 16.2. The molecule has 0 bridgehead atoms. The molecular weight excluding hydrogens is 366 g/mol. The summed E-state index contributed by atoms with van der Waals surface area (Å²) in [5.41, 5.74) is 2.57. The summed E-state index contributed by atoms with van der Waals surface area (Å²) in [7, 11) is 1.67. The molecule has 1 amide bonds. The van der Waals surface area contributed by atoms with Crippen molar-refractivity contribution in [1.29, 1.82) is 0 Å². The molecule has 1 heterocycles. The SMILES string of the molecule is CN=C(NCCC(=O)Nc1ccc(C)cc1Cl)NCc1cc(C(C)C)no1. The van der Waals surface area contributed by atoms with E-state index in [1.165, 1.54) is 0 Å². The molecular formula is C19H26ClN5O2. The van der Waals surface area contributed by atoms with E-state index in [0.717, 1.165) is 17.0 Å². The average Bonchev–Trinajstić information content (AvgIpc) is 3.09. The fourth-order valence-corrected chi connectivity index (χ4v) is 2.59. The van der Waals surface area contributed by atoms with Crippen LogP contribution in [0.4, 0.5) is 5.69 Å². The largest absolute Gasteiger partial charge is 0.359 e. The van der Waals surface area contributed by atoms with Crippen LogP contribution in [0.25, 0.3) is 0 Å². The minimum atomic E-state index is -0.125. The molecule has 0 atom stereocenters. The molecule has 0 radical (unpaired) electrons. The molecule has 146 valence electrons. The van der Waals surface area contributed by atoms with Gasteiger partial charge in [-0.1, -0.05) is 36.7 Å². The molecule has 0 spiro atoms. The van der Waals surface area contributed by atoms with Crippen molar-refractivity contribution in [2.45, 2.75) is 39.7 Å². The van der Waals surface area contributed by atoms with Crippen molar-refractivity contribution in [1.82, 2.24) is 15.8 Å². The Labute approximate surface area is 164 Å². The van der Waals surface area contributed by atoms with Gasteiger partial charge in [-0.3, -0.25) is 9.79 Å². The van der Waals surface area contributed by atoms with E-state index in [4.69, 9.17) is 16.1 Å². The van der Waals surface area contributed by atoms with E-state index in [1.54, 1.807) is 13.1 Å². The summed E-state index contributed by atoms with van der Waals surface area (Å²) in [6.45, 7) is 6.96. The van der Waals surface area contributed by atoms with Gasteiger partial charge in [0.25, 0.3) is 0 Å². The van der Waals surface area contributed by atoms with Crippen molar-refractivity contribution in [2.24, 2.45) is 4.99 Å². The highest BCUT2D eigenvalue weighted by Crippen LogP contribution is 2.22. The van der Waals surface area contributed by atoms with E-state index in [1.807, 2.05) is 25.1 Å². The van der Waals surface area contributed by atoms with E-state index in [9.17, 15) is 4.79 Å². The van der Waals surface area contributed by atoms with Gasteiger partial charge in [0.15, 0.2) is 11.7 Å². The number of halogens is 1. The number of aromatic nitrogens is 1. The van der Waals surface area contributed by atoms with E-state index in [-0.39, 0.29) is 12.3 Å². The highest BCUT2D eigenvalue weighted by molar-refractivity contribution is 6.33. The third-order valence-electron chi connectivity index (χ3n) is 3.87. The summed E-state index contributed by atoms with van der Waals surface area (Å²) in [5, 5.41) is 13.6. The average molecular weight is 392 g/mol. The number of carbonyl (C=O) groups is 1. The first-order valence-electron chi connectivity index (χ1n) is 8.85. The molecule has 0 fully saturated rings. The van der Waals surface area contributed by atoms with Crippen molar-refractivity contribution in [3.63, 3.8) is 0 Å². The van der Waals surface area contributed by atoms with Crippen LogP contribution in [-0.4, -0.2) is 30.6 Å². The van der Waals surface area contributed by atoms with Gasteiger partial charge < -0.3 is 20.5 Å². The number of aliphatic imine (C=N–C) groups is 1. The molecule has 0 saturated heterocycles. The Morgan fingerprint density at radius 1 is 1.30 bits per heavy atom. The lowest BCUT2D eigenvalue weighted by Gasteiger charge is -2.11. The molecule has 1 aromatic carbocycles. The summed E-state index contributed by atoms with van der Waals surface area (Å²) >= 11 is 6.13. The van der Waals surface area contributed by atoms with Crippen molar-refractivity contribution >= 4 is 29.2 Å². The van der Waals surface area contributed by atoms with Crippen LogP contribution in [0.5, 0.6) is 0 Å². The van der Waals surface area contributed by atoms with E-state index in [0.29, 0.717) is 35.7 Å². The Morgan fingerprint density at radius 3 is 2.70 bits per heavy atom. The van der Waals surface area contributed by atoms with Crippen molar-refractivity contribution in [2.75, 3.05) is 18.9 Å². The Morgan fingerprint density at radius 2 is 2.07 bits per heavy atom. The van der Waals surface area contributed by atoms with Crippen LogP contribution in [0.1, 0.15) is 43.2 Å². The van der Waals surface area contributed by atoms with Crippen LogP contribution in [-0.2, 0) is 11.3 Å². The second kappa shape index (κ2) is 9.97. The molecule has 0 aliphatic carbocycles. The van der Waals surface area contributed by atoms with Crippen molar-refractivity contribution in [3.05, 3.63) is 46.3 Å². The van der Waals surface area contributed by atoms with E-state index >= 15 is 0 Å². The minimum Gasteiger partial charge on any atom is -0.359 e. The highest BCUT2D eigenvalue weighted by Gasteiger charge is 2.09. The Balaban J connectivity index is 1.74. The second-order valence-electron chi connectivity index (χ2n) is 6.51. The number of aryl methyl sites for hydroxylation is 1. The molecule has 0 saturated carbocycles. The first-order valence-corrected chi connectivity index (χ1v) is 9.23. The number of rotatable bonds is 7. The minimum absolute atomic E-state index is 0.125. The van der Waals surface area contributed by atoms with Gasteiger partial charge >= 0.3 is 0 Å². The number of carbonyl (C=O) groups excluding carboxylic acids is 1. The molecule has 27 heavy (non-hydrogen) atoms. The number of nitrogens with one attached hydrogen (secondary N) is 3. The Bertz CT molecular complexity index is 801. The number of nitrogens with zero attached hydrogens (tertiary/aromatic N) is 2. The summed E-state index contributed by atoms with van der Waals surface area (Å²) in [6.07, 6.45) is 0.282. The first kappa shape index (κ1) is 20.8. The van der Waals surface area contributed by atoms with Crippen LogP contribution >= 0.6 is 11.6 Å². The van der Waals surface area contributed by atoms with Crippen LogP contribution in [0.2, 0.25) is 5.02 Å². The fraction of sp³-hybridized carbons (Fsp3) is 0.421. The fourth-order valence-electron chi connectivity index (χ4n) is 2.30. The molecule has 0 aliphatic heterocycles. The standard InChI is InChI=1S/C19H26ClN5O2/c1-12(2)17-10-14(27-25-17)11-23-19(21-4)22-8-7-18(26)24-16-6-5-13(3)9-15(16)20/h5-6,9-10,12H,7-8,11H2,1-4H3,(H,24,26)(H2,21,22,23). The monoisotopic (exact) mass is 391 g/mol. The molecule has 7 nitrogen and oxygen atoms in total. The van der Waals surface area contributed by atoms with Crippen LogP contribution < -0.4 is 16.0 Å². The zero-order valence-corrected chi connectivity index (χ0v) is 16.9. The number of benzene rings is 1. The normalized spacial score (nSPS) is 11.6. The van der Waals surface area contributed by atoms with Crippen molar-refractivity contribution in [3.8, 4) is 0 Å². The van der Waals surface area contributed by atoms with Gasteiger partial charge in [-0.25, -0.2) is 0 Å². The third kappa shape index (κ3) is 6.60. The molecule has 2 aromatic rings. The van der Waals surface area contributed by atoms with Crippen LogP contribution in [0.3, 0.4) is 0 Å². The van der Waals surface area contributed by atoms with E-state index < -0.39 is 0 Å². The zero-order valence-electron chi connectivity index (χ0n) is 16.1. The molecule has 8 heteroatoms. The van der Waals surface area contributed by atoms with Crippen molar-refractivity contribution < 1.29 is 9.32 Å². The van der Waals surface area contributed by atoms with Gasteiger partial charge in [0.1, 0.15) is 0 Å². The quantitative estimate of drug-likeness (QED) is 0.496. The van der Waals surface area contributed by atoms with E-state index in [2.05, 4.69) is 39.9 Å². The Hall–Kier alpha value is -2.54. The summed E-state index contributed by atoms with van der Waals surface area (Å²) in [5.74, 6) is 1.51. The number of hydrogen-bond donors (Lipinski definition) is 3. The van der Waals surface area contributed by atoms with Gasteiger partial charge in [-0.15, -0.1) is 0 Å². The first-order chi connectivity index (χ1) is 12.9. The maximum atomic E-state index is 12.1. The maximum absolute atomic E-state index is 12.1. The number of guanidine groups is 1. The lowest BCUT2D eigenvalue weighted by Crippen LogP contribution is -2.38. The summed E-state index contributed by atoms with van der Waals surface area (Å²) < 4.78 is 5.28. The smallest absolute Gasteiger partial charge is 0.226 e. The molecule has 3 N–H and O–H groups in total. The number of anilines is 1. The van der Waals surface area contributed by atoms with Gasteiger partial charge in [-0.2, -0.15) is 0 Å². The number of amides is 1. The predicted octanol–water partition coefficient (Wildman–Crippen LogP) is 3.45. The Kier molecular flexibility index (Phi) is 7.67. The van der Waals surface area contributed by atoms with Gasteiger partial charge in [0.2, 0.25) is 5.91 Å². The molecule has 1 aromatic heterocycles. The molecule has 0 unspecified atom stereocenters. The molecule has 0 aliphatic rings. The maximum Gasteiger partial charge on any atom is 0.226 e. The van der Waals surface area contributed by atoms with Crippen LogP contribution in [0.15, 0.2) is 33.8 Å². The second-order valence-corrected chi connectivity index (χ2v) is 6.91. The van der Waals surface area contributed by atoms with Gasteiger partial charge in [-0.05, 0) is 30.5 Å². The predicted molar refractivity (Wildman–Crippen MR) is 108 cm³/mol. The molecule has 2 rings (SSSR count). The third-order valence-corrected chi connectivity index (χ3v) is 4.18. The topological polar surface area (TPSA) is 91.5 Å². The summed E-state index contributed by atoms with van der Waals surface area (Å²) in [6, 6.07) is 7.44. The van der Waals surface area contributed by atoms with Gasteiger partial charge in [0, 0.05) is 26.1 Å².